The molecule has 1 saturated carbocycles. The second-order valence-electron chi connectivity index (χ2n) is 6.24. The molecule has 0 amide bonds. The Balaban J connectivity index is 1.74. The predicted molar refractivity (Wildman–Crippen MR) is 90.6 cm³/mol. The molecular formula is C21H25F. The van der Waals surface area contributed by atoms with Gasteiger partial charge in [0.25, 0.3) is 0 Å². The monoisotopic (exact) mass is 296 g/mol. The van der Waals surface area contributed by atoms with Crippen LogP contribution in [0.1, 0.15) is 63.9 Å². The lowest BCUT2D eigenvalue weighted by atomic mass is 9.80. The Labute approximate surface area is 134 Å². The van der Waals surface area contributed by atoms with Crippen LogP contribution in [0.3, 0.4) is 0 Å². The fourth-order valence-electron chi connectivity index (χ4n) is 3.05. The zero-order valence-electron chi connectivity index (χ0n) is 13.5. The number of rotatable bonds is 4. The van der Waals surface area contributed by atoms with Gasteiger partial charge in [0.1, 0.15) is 5.82 Å². The fraction of sp³-hybridized carbons (Fsp3) is 0.524. The second kappa shape index (κ2) is 9.32. The van der Waals surface area contributed by atoms with Gasteiger partial charge in [-0.05, 0) is 67.7 Å². The smallest absolute Gasteiger partial charge is 0.123 e. The summed E-state index contributed by atoms with van der Waals surface area (Å²) in [6.07, 6.45) is 10.6. The molecule has 1 aliphatic rings. The van der Waals surface area contributed by atoms with Crippen molar-refractivity contribution in [2.24, 2.45) is 11.8 Å². The van der Waals surface area contributed by atoms with Crippen molar-refractivity contribution in [1.29, 1.82) is 0 Å². The maximum atomic E-state index is 12.8. The Morgan fingerprint density at radius 3 is 2.41 bits per heavy atom. The summed E-state index contributed by atoms with van der Waals surface area (Å²) in [4.78, 5) is 0. The molecule has 0 N–H and O–H groups in total. The molecule has 1 aromatic rings. The lowest BCUT2D eigenvalue weighted by molar-refractivity contribution is 0.294. The topological polar surface area (TPSA) is 0 Å². The average molecular weight is 296 g/mol. The minimum absolute atomic E-state index is 0.229. The van der Waals surface area contributed by atoms with Gasteiger partial charge in [-0.2, -0.15) is 0 Å². The van der Waals surface area contributed by atoms with Crippen LogP contribution in [0.25, 0.3) is 0 Å². The molecule has 22 heavy (non-hydrogen) atoms. The maximum absolute atomic E-state index is 12.8. The predicted octanol–water partition coefficient (Wildman–Crippen LogP) is 5.57. The molecule has 0 nitrogen and oxygen atoms in total. The summed E-state index contributed by atoms with van der Waals surface area (Å²) < 4.78 is 12.8. The van der Waals surface area contributed by atoms with E-state index in [-0.39, 0.29) is 5.82 Å². The highest BCUT2D eigenvalue weighted by Gasteiger charge is 2.19. The van der Waals surface area contributed by atoms with Gasteiger partial charge in [0.2, 0.25) is 0 Å². The largest absolute Gasteiger partial charge is 0.207 e. The molecule has 0 spiro atoms. The number of hydrogen-bond acceptors (Lipinski definition) is 0. The number of benzene rings is 1. The van der Waals surface area contributed by atoms with Crippen LogP contribution in [0.5, 0.6) is 0 Å². The van der Waals surface area contributed by atoms with Crippen LogP contribution in [-0.2, 0) is 0 Å². The van der Waals surface area contributed by atoms with Crippen molar-refractivity contribution >= 4 is 0 Å². The van der Waals surface area contributed by atoms with Gasteiger partial charge in [0, 0.05) is 11.5 Å². The van der Waals surface area contributed by atoms with E-state index in [0.717, 1.165) is 11.5 Å². The van der Waals surface area contributed by atoms with Crippen LogP contribution in [0.15, 0.2) is 24.3 Å². The summed E-state index contributed by atoms with van der Waals surface area (Å²) in [5, 5.41) is 0. The summed E-state index contributed by atoms with van der Waals surface area (Å²) in [7, 11) is 0. The first kappa shape index (κ1) is 16.6. The molecule has 0 radical (unpaired) electrons. The molecule has 0 aliphatic heterocycles. The molecule has 1 heteroatoms. The first-order chi connectivity index (χ1) is 10.8. The van der Waals surface area contributed by atoms with E-state index < -0.39 is 0 Å². The molecule has 0 unspecified atom stereocenters. The zero-order valence-corrected chi connectivity index (χ0v) is 13.5. The SMILES string of the molecule is CCCCCC1CCC(C#CC#Cc2ccc(F)cc2)CC1. The third-order valence-corrected chi connectivity index (χ3v) is 4.45. The normalized spacial score (nSPS) is 20.5. The van der Waals surface area contributed by atoms with Gasteiger partial charge in [-0.1, -0.05) is 44.4 Å². The summed E-state index contributed by atoms with van der Waals surface area (Å²) in [6.45, 7) is 2.26. The fourth-order valence-corrected chi connectivity index (χ4v) is 3.05. The Hall–Kier alpha value is -1.73. The molecule has 1 aliphatic carbocycles. The van der Waals surface area contributed by atoms with Gasteiger partial charge in [0.15, 0.2) is 0 Å². The van der Waals surface area contributed by atoms with E-state index in [1.165, 1.54) is 63.5 Å². The average Bonchev–Trinajstić information content (AvgIpc) is 2.55. The summed E-state index contributed by atoms with van der Waals surface area (Å²) in [6, 6.07) is 6.23. The molecule has 0 aromatic heterocycles. The van der Waals surface area contributed by atoms with Gasteiger partial charge in [-0.15, -0.1) is 0 Å². The molecule has 0 saturated heterocycles. The van der Waals surface area contributed by atoms with Crippen LogP contribution >= 0.6 is 0 Å². The maximum Gasteiger partial charge on any atom is 0.123 e. The first-order valence-electron chi connectivity index (χ1n) is 8.55. The Kier molecular flexibility index (Phi) is 7.05. The minimum atomic E-state index is -0.229. The van der Waals surface area contributed by atoms with Gasteiger partial charge in [-0.25, -0.2) is 4.39 Å². The minimum Gasteiger partial charge on any atom is -0.207 e. The molecule has 0 bridgehead atoms. The molecule has 0 atom stereocenters. The van der Waals surface area contributed by atoms with E-state index in [1.807, 2.05) is 0 Å². The number of hydrogen-bond donors (Lipinski definition) is 0. The van der Waals surface area contributed by atoms with Crippen molar-refractivity contribution < 1.29 is 4.39 Å². The molecule has 0 heterocycles. The Morgan fingerprint density at radius 2 is 1.73 bits per heavy atom. The highest BCUT2D eigenvalue weighted by Crippen LogP contribution is 2.31. The van der Waals surface area contributed by atoms with Crippen molar-refractivity contribution in [1.82, 2.24) is 0 Å². The standard InChI is InChI=1S/C21H25F/c1-2-3-4-7-18-10-12-19(13-11-18)8-5-6-9-20-14-16-21(22)17-15-20/h14-19H,2-4,7,10-13H2,1H3. The summed E-state index contributed by atoms with van der Waals surface area (Å²) in [5.41, 5.74) is 0.815. The van der Waals surface area contributed by atoms with Gasteiger partial charge in [0.05, 0.1) is 0 Å². The number of halogens is 1. The quantitative estimate of drug-likeness (QED) is 0.503. The highest BCUT2D eigenvalue weighted by atomic mass is 19.1. The van der Waals surface area contributed by atoms with Crippen LogP contribution in [0.2, 0.25) is 0 Å². The van der Waals surface area contributed by atoms with E-state index in [1.54, 1.807) is 12.1 Å². The third kappa shape index (κ3) is 5.95. The van der Waals surface area contributed by atoms with Gasteiger partial charge < -0.3 is 0 Å². The summed E-state index contributed by atoms with van der Waals surface area (Å²) in [5.74, 6) is 13.3. The lowest BCUT2D eigenvalue weighted by Gasteiger charge is -2.25. The van der Waals surface area contributed by atoms with Crippen molar-refractivity contribution in [3.8, 4) is 23.7 Å². The van der Waals surface area contributed by atoms with E-state index in [9.17, 15) is 4.39 Å². The second-order valence-corrected chi connectivity index (χ2v) is 6.24. The lowest BCUT2D eigenvalue weighted by Crippen LogP contribution is -2.13. The molecule has 1 aromatic carbocycles. The Morgan fingerprint density at radius 1 is 1.00 bits per heavy atom. The van der Waals surface area contributed by atoms with E-state index in [0.29, 0.717) is 5.92 Å². The van der Waals surface area contributed by atoms with E-state index >= 15 is 0 Å². The summed E-state index contributed by atoms with van der Waals surface area (Å²) >= 11 is 0. The third-order valence-electron chi connectivity index (χ3n) is 4.45. The van der Waals surface area contributed by atoms with Gasteiger partial charge in [-0.3, -0.25) is 0 Å². The number of unbranched alkanes of at least 4 members (excludes halogenated alkanes) is 2. The highest BCUT2D eigenvalue weighted by molar-refractivity contribution is 5.40. The van der Waals surface area contributed by atoms with Crippen molar-refractivity contribution in [2.45, 2.75) is 58.3 Å². The molecular weight excluding hydrogens is 271 g/mol. The Bertz CT molecular complexity index is 554. The van der Waals surface area contributed by atoms with Crippen LogP contribution in [0.4, 0.5) is 4.39 Å². The molecule has 116 valence electrons. The zero-order chi connectivity index (χ0) is 15.6. The van der Waals surface area contributed by atoms with E-state index in [4.69, 9.17) is 0 Å². The van der Waals surface area contributed by atoms with Crippen LogP contribution in [-0.4, -0.2) is 0 Å². The van der Waals surface area contributed by atoms with Crippen molar-refractivity contribution in [3.63, 3.8) is 0 Å². The van der Waals surface area contributed by atoms with Crippen LogP contribution < -0.4 is 0 Å². The first-order valence-corrected chi connectivity index (χ1v) is 8.55. The molecule has 1 fully saturated rings. The van der Waals surface area contributed by atoms with Crippen LogP contribution in [0, 0.1) is 41.3 Å². The molecule has 2 rings (SSSR count). The van der Waals surface area contributed by atoms with E-state index in [2.05, 4.69) is 30.6 Å². The van der Waals surface area contributed by atoms with Crippen molar-refractivity contribution in [3.05, 3.63) is 35.6 Å². The van der Waals surface area contributed by atoms with Gasteiger partial charge >= 0.3 is 0 Å². The van der Waals surface area contributed by atoms with Crippen molar-refractivity contribution in [2.75, 3.05) is 0 Å².